The predicted octanol–water partition coefficient (Wildman–Crippen LogP) is 3.12. The van der Waals surface area contributed by atoms with Gasteiger partial charge in [-0.3, -0.25) is 9.59 Å². The number of amides is 1. The molecule has 0 aliphatic rings. The van der Waals surface area contributed by atoms with E-state index in [-0.39, 0.29) is 42.4 Å². The quantitative estimate of drug-likeness (QED) is 0.407. The fourth-order valence-electron chi connectivity index (χ4n) is 3.42. The molecule has 0 unspecified atom stereocenters. The van der Waals surface area contributed by atoms with Crippen LogP contribution < -0.4 is 21.1 Å². The maximum absolute atomic E-state index is 13.3. The average molecular weight is 464 g/mol. The van der Waals surface area contributed by atoms with Gasteiger partial charge in [-0.2, -0.15) is 0 Å². The Morgan fingerprint density at radius 1 is 1.15 bits per heavy atom. The minimum atomic E-state index is -0.801. The largest absolute Gasteiger partial charge is 0.503 e. The molecule has 4 rings (SSSR count). The van der Waals surface area contributed by atoms with Gasteiger partial charge in [0, 0.05) is 36.8 Å². The van der Waals surface area contributed by atoms with Crippen LogP contribution in [0.2, 0.25) is 0 Å². The zero-order valence-corrected chi connectivity index (χ0v) is 18.2. The number of aromatic hydroxyl groups is 1. The number of pyridine rings is 1. The summed E-state index contributed by atoms with van der Waals surface area (Å²) in [6, 6.07) is 13.6. The summed E-state index contributed by atoms with van der Waals surface area (Å²) >= 11 is 0. The number of carbonyl (C=O) groups is 1. The molecule has 9 heteroatoms. The van der Waals surface area contributed by atoms with E-state index in [1.165, 1.54) is 36.5 Å². The first-order chi connectivity index (χ1) is 16.3. The van der Waals surface area contributed by atoms with Crippen molar-refractivity contribution in [3.05, 3.63) is 104 Å². The number of nitrogens with one attached hydrogen (secondary N) is 1. The van der Waals surface area contributed by atoms with Gasteiger partial charge in [-0.1, -0.05) is 12.1 Å². The van der Waals surface area contributed by atoms with Crippen molar-refractivity contribution >= 4 is 16.9 Å². The average Bonchev–Trinajstić information content (AvgIpc) is 2.82. The minimum absolute atomic E-state index is 0.140. The summed E-state index contributed by atoms with van der Waals surface area (Å²) in [7, 11) is 0. The molecule has 2 N–H and O–H groups in total. The van der Waals surface area contributed by atoms with Crippen molar-refractivity contribution in [3.8, 4) is 11.5 Å². The van der Waals surface area contributed by atoms with Gasteiger partial charge < -0.3 is 24.1 Å². The van der Waals surface area contributed by atoms with Crippen LogP contribution in [0.4, 0.5) is 4.39 Å². The molecule has 0 saturated heterocycles. The molecule has 0 saturated carbocycles. The van der Waals surface area contributed by atoms with Gasteiger partial charge in [0.1, 0.15) is 29.3 Å². The smallest absolute Gasteiger partial charge is 0.349 e. The summed E-state index contributed by atoms with van der Waals surface area (Å²) in [6.07, 6.45) is 1.52. The molecule has 2 aromatic heterocycles. The van der Waals surface area contributed by atoms with Gasteiger partial charge in [-0.05, 0) is 42.8 Å². The number of benzene rings is 2. The van der Waals surface area contributed by atoms with Crippen molar-refractivity contribution in [2.75, 3.05) is 6.54 Å². The number of nitrogens with zero attached hydrogens (tertiary/aromatic N) is 1. The van der Waals surface area contributed by atoms with Gasteiger partial charge in [0.05, 0.1) is 5.69 Å². The number of aromatic nitrogens is 1. The van der Waals surface area contributed by atoms with E-state index in [0.29, 0.717) is 22.4 Å². The maximum Gasteiger partial charge on any atom is 0.349 e. The first-order valence-electron chi connectivity index (χ1n) is 10.4. The molecule has 2 heterocycles. The Bertz CT molecular complexity index is 1490. The number of rotatable bonds is 7. The second-order valence-electron chi connectivity index (χ2n) is 7.63. The Kier molecular flexibility index (Phi) is 6.44. The van der Waals surface area contributed by atoms with Crippen molar-refractivity contribution < 1.29 is 23.4 Å². The van der Waals surface area contributed by atoms with E-state index < -0.39 is 17.0 Å². The van der Waals surface area contributed by atoms with Crippen molar-refractivity contribution in [1.29, 1.82) is 0 Å². The van der Waals surface area contributed by atoms with Gasteiger partial charge in [0.25, 0.3) is 5.91 Å². The molecule has 0 aliphatic carbocycles. The highest BCUT2D eigenvalue weighted by Crippen LogP contribution is 2.21. The Labute approximate surface area is 192 Å². The second-order valence-corrected chi connectivity index (χ2v) is 7.63. The second kappa shape index (κ2) is 9.62. The number of ether oxygens (including phenoxy) is 1. The van der Waals surface area contributed by atoms with Crippen LogP contribution in [-0.2, 0) is 13.2 Å². The number of halogens is 1. The van der Waals surface area contributed by atoms with Crippen LogP contribution in [0.1, 0.15) is 21.6 Å². The Hall–Kier alpha value is -4.40. The Balaban J connectivity index is 1.43. The van der Waals surface area contributed by atoms with Gasteiger partial charge in [-0.15, -0.1) is 0 Å². The lowest BCUT2D eigenvalue weighted by atomic mass is 10.1. The fraction of sp³-hybridized carbons (Fsp3) is 0.160. The van der Waals surface area contributed by atoms with E-state index in [9.17, 15) is 23.9 Å². The molecule has 0 bridgehead atoms. The molecule has 0 fully saturated rings. The SMILES string of the molecule is Cc1c(O)c(=O)ccn1CCNC(=O)c1cc2ccc(OCc3cccc(F)c3)cc2oc1=O. The van der Waals surface area contributed by atoms with Crippen molar-refractivity contribution in [2.24, 2.45) is 0 Å². The molecular weight excluding hydrogens is 443 g/mol. The van der Waals surface area contributed by atoms with Crippen LogP contribution in [0.3, 0.4) is 0 Å². The monoisotopic (exact) mass is 464 g/mol. The van der Waals surface area contributed by atoms with Crippen LogP contribution in [-0.4, -0.2) is 22.1 Å². The van der Waals surface area contributed by atoms with Crippen LogP contribution in [0.15, 0.2) is 74.8 Å². The van der Waals surface area contributed by atoms with E-state index in [1.54, 1.807) is 35.8 Å². The van der Waals surface area contributed by atoms with Gasteiger partial charge >= 0.3 is 5.63 Å². The maximum atomic E-state index is 13.3. The van der Waals surface area contributed by atoms with Crippen molar-refractivity contribution in [3.63, 3.8) is 0 Å². The summed E-state index contributed by atoms with van der Waals surface area (Å²) in [6.45, 7) is 2.18. The molecule has 34 heavy (non-hydrogen) atoms. The highest BCUT2D eigenvalue weighted by Gasteiger charge is 2.14. The molecule has 0 aliphatic heterocycles. The summed E-state index contributed by atoms with van der Waals surface area (Å²) < 4.78 is 25.9. The fourth-order valence-corrected chi connectivity index (χ4v) is 3.42. The predicted molar refractivity (Wildman–Crippen MR) is 123 cm³/mol. The topological polar surface area (TPSA) is 111 Å². The lowest BCUT2D eigenvalue weighted by Crippen LogP contribution is -2.31. The molecule has 0 atom stereocenters. The van der Waals surface area contributed by atoms with E-state index in [1.807, 2.05) is 0 Å². The number of hydrogen-bond donors (Lipinski definition) is 2. The van der Waals surface area contributed by atoms with Crippen LogP contribution in [0.25, 0.3) is 11.0 Å². The Morgan fingerprint density at radius 2 is 1.97 bits per heavy atom. The summed E-state index contributed by atoms with van der Waals surface area (Å²) in [5, 5.41) is 12.9. The molecule has 1 amide bonds. The molecule has 2 aromatic carbocycles. The molecule has 0 radical (unpaired) electrons. The third kappa shape index (κ3) is 4.98. The van der Waals surface area contributed by atoms with E-state index in [2.05, 4.69) is 5.32 Å². The lowest BCUT2D eigenvalue weighted by molar-refractivity contribution is 0.0948. The first-order valence-corrected chi connectivity index (χ1v) is 10.4. The Morgan fingerprint density at radius 3 is 2.76 bits per heavy atom. The number of hydrogen-bond acceptors (Lipinski definition) is 6. The molecule has 8 nitrogen and oxygen atoms in total. The summed E-state index contributed by atoms with van der Waals surface area (Å²) in [5.41, 5.74) is -0.153. The standard InChI is InChI=1S/C25H21FN2O6/c1-15-23(30)21(29)7-9-28(15)10-8-27-24(31)20-12-17-5-6-19(13-22(17)34-25(20)32)33-14-16-3-2-4-18(26)11-16/h2-7,9,11-13,30H,8,10,14H2,1H3,(H,27,31). The highest BCUT2D eigenvalue weighted by atomic mass is 19.1. The van der Waals surface area contributed by atoms with Crippen LogP contribution in [0, 0.1) is 12.7 Å². The molecule has 4 aromatic rings. The normalized spacial score (nSPS) is 10.9. The van der Waals surface area contributed by atoms with Crippen molar-refractivity contribution in [1.82, 2.24) is 9.88 Å². The summed E-state index contributed by atoms with van der Waals surface area (Å²) in [4.78, 5) is 36.4. The van der Waals surface area contributed by atoms with Gasteiger partial charge in [-0.25, -0.2) is 9.18 Å². The van der Waals surface area contributed by atoms with E-state index in [0.717, 1.165) is 0 Å². The molecule has 0 spiro atoms. The minimum Gasteiger partial charge on any atom is -0.503 e. The first kappa shape index (κ1) is 22.8. The van der Waals surface area contributed by atoms with Crippen LogP contribution >= 0.6 is 0 Å². The number of fused-ring (bicyclic) bond motifs is 1. The lowest BCUT2D eigenvalue weighted by Gasteiger charge is -2.12. The van der Waals surface area contributed by atoms with Gasteiger partial charge in [0.2, 0.25) is 5.43 Å². The number of carbonyl (C=O) groups excluding carboxylic acids is 1. The van der Waals surface area contributed by atoms with Crippen molar-refractivity contribution in [2.45, 2.75) is 20.1 Å². The van der Waals surface area contributed by atoms with E-state index >= 15 is 0 Å². The van der Waals surface area contributed by atoms with Crippen LogP contribution in [0.5, 0.6) is 11.5 Å². The summed E-state index contributed by atoms with van der Waals surface area (Å²) in [5.74, 6) is -0.881. The molecule has 174 valence electrons. The third-order valence-corrected chi connectivity index (χ3v) is 5.30. The molecular formula is C25H21FN2O6. The third-order valence-electron chi connectivity index (χ3n) is 5.30. The van der Waals surface area contributed by atoms with E-state index in [4.69, 9.17) is 9.15 Å². The van der Waals surface area contributed by atoms with Gasteiger partial charge in [0.15, 0.2) is 5.75 Å². The highest BCUT2D eigenvalue weighted by molar-refractivity contribution is 5.96. The zero-order valence-electron chi connectivity index (χ0n) is 18.2. The zero-order chi connectivity index (χ0) is 24.2.